The van der Waals surface area contributed by atoms with Gasteiger partial charge < -0.3 is 15.1 Å². The van der Waals surface area contributed by atoms with E-state index in [1.807, 2.05) is 10.6 Å². The molecule has 4 amide bonds. The van der Waals surface area contributed by atoms with Crippen LogP contribution in [0.25, 0.3) is 0 Å². The number of carbonyl (C=O) groups excluding carboxylic acids is 3. The number of carbonyl (C=O) groups is 3. The molecule has 10 nitrogen and oxygen atoms in total. The van der Waals surface area contributed by atoms with Gasteiger partial charge >= 0.3 is 12.4 Å². The third-order valence-electron chi connectivity index (χ3n) is 5.16. The van der Waals surface area contributed by atoms with Gasteiger partial charge in [-0.3, -0.25) is 20.2 Å². The number of halogens is 3. The fourth-order valence-corrected chi connectivity index (χ4v) is 3.67. The molecule has 2 aromatic rings. The van der Waals surface area contributed by atoms with Crippen molar-refractivity contribution in [2.75, 3.05) is 6.61 Å². The highest BCUT2D eigenvalue weighted by Gasteiger charge is 2.47. The molecule has 3 rings (SSSR count). The third kappa shape index (κ3) is 4.37. The second-order valence-electron chi connectivity index (χ2n) is 7.08. The lowest BCUT2D eigenvalue weighted by molar-refractivity contribution is -0.621. The number of ether oxygens (including phenoxy) is 1. The Balaban J connectivity index is 2.18. The molecular weight excluding hydrogens is 437 g/mol. The zero-order valence-electron chi connectivity index (χ0n) is 16.9. The number of amides is 4. The molecule has 0 spiro atoms. The maximum absolute atomic E-state index is 13.0. The van der Waals surface area contributed by atoms with Crippen LogP contribution in [0.4, 0.5) is 18.0 Å². The molecule has 3 N–H and O–H groups in total. The number of nitrogens with zero attached hydrogens (tertiary/aromatic N) is 2. The summed E-state index contributed by atoms with van der Waals surface area (Å²) in [6, 6.07) is 3.30. The van der Waals surface area contributed by atoms with Crippen molar-refractivity contribution in [3.8, 4) is 5.75 Å². The maximum atomic E-state index is 13.0. The van der Waals surface area contributed by atoms with E-state index >= 15 is 0 Å². The molecular formula is C19H19F3N4O6. The number of urea groups is 1. The Labute approximate surface area is 179 Å². The van der Waals surface area contributed by atoms with Crippen molar-refractivity contribution in [2.45, 2.75) is 32.7 Å². The zero-order valence-corrected chi connectivity index (χ0v) is 16.9. The first-order valence-electron chi connectivity index (χ1n) is 9.36. The van der Waals surface area contributed by atoms with E-state index < -0.39 is 41.8 Å². The summed E-state index contributed by atoms with van der Waals surface area (Å²) >= 11 is 0. The van der Waals surface area contributed by atoms with Gasteiger partial charge in [0.2, 0.25) is 11.8 Å². The molecule has 0 aliphatic carbocycles. The van der Waals surface area contributed by atoms with E-state index in [0.29, 0.717) is 10.4 Å². The molecule has 32 heavy (non-hydrogen) atoms. The highest BCUT2D eigenvalue weighted by Crippen LogP contribution is 2.35. The fourth-order valence-electron chi connectivity index (χ4n) is 3.67. The maximum Gasteiger partial charge on any atom is 0.573 e. The van der Waals surface area contributed by atoms with Gasteiger partial charge in [-0.25, -0.2) is 14.1 Å². The van der Waals surface area contributed by atoms with Crippen molar-refractivity contribution in [1.82, 2.24) is 15.2 Å². The Morgan fingerprint density at radius 3 is 2.22 bits per heavy atom. The number of aliphatic hydroxyl groups excluding tert-OH is 1. The topological polar surface area (TPSA) is 137 Å². The quantitative estimate of drug-likeness (QED) is 0.333. The van der Waals surface area contributed by atoms with E-state index in [0.717, 1.165) is 12.1 Å². The second-order valence-corrected chi connectivity index (χ2v) is 7.08. The van der Waals surface area contributed by atoms with E-state index in [9.17, 15) is 37.9 Å². The Morgan fingerprint density at radius 1 is 1.16 bits per heavy atom. The average molecular weight is 456 g/mol. The van der Waals surface area contributed by atoms with Crippen LogP contribution in [0.1, 0.15) is 28.7 Å². The van der Waals surface area contributed by atoms with E-state index in [1.165, 1.54) is 23.6 Å². The number of aliphatic hydroxyl groups is 1. The molecule has 1 aromatic carbocycles. The minimum atomic E-state index is -4.92. The van der Waals surface area contributed by atoms with Gasteiger partial charge in [0.25, 0.3) is 5.82 Å². The molecule has 2 heterocycles. The number of nitrogens with one attached hydrogen (secondary N) is 2. The highest BCUT2D eigenvalue weighted by molar-refractivity contribution is 6.16. The van der Waals surface area contributed by atoms with Crippen molar-refractivity contribution in [1.29, 1.82) is 0 Å². The summed E-state index contributed by atoms with van der Waals surface area (Å²) in [6.07, 6.45) is -4.92. The summed E-state index contributed by atoms with van der Waals surface area (Å²) in [5.41, 5.74) is 0.840. The van der Waals surface area contributed by atoms with Gasteiger partial charge in [-0.05, 0) is 17.7 Å². The summed E-state index contributed by atoms with van der Waals surface area (Å²) in [5, 5.41) is 26.4. The van der Waals surface area contributed by atoms with Crippen LogP contribution in [-0.2, 0) is 16.1 Å². The highest BCUT2D eigenvalue weighted by atomic mass is 19.4. The summed E-state index contributed by atoms with van der Waals surface area (Å²) in [6.45, 7) is 2.69. The molecule has 1 aliphatic rings. The molecule has 1 aliphatic heterocycles. The molecule has 0 unspecified atom stereocenters. The Hall–Kier alpha value is -3.61. The van der Waals surface area contributed by atoms with Crippen molar-refractivity contribution < 1.29 is 42.1 Å². The molecule has 13 heteroatoms. The van der Waals surface area contributed by atoms with E-state index in [-0.39, 0.29) is 30.2 Å². The summed E-state index contributed by atoms with van der Waals surface area (Å²) < 4.78 is 43.3. The minimum absolute atomic E-state index is 0.0437. The SMILES string of the molecule is Cc1c(C)[n+]([O-])c([C@@H](c2ccc(OC(F)(F)F)cc2)C2C(=O)NC(=O)NC2=O)n1CCO. The van der Waals surface area contributed by atoms with Gasteiger partial charge in [-0.15, -0.1) is 13.2 Å². The number of aromatic nitrogens is 2. The first-order valence-corrected chi connectivity index (χ1v) is 9.36. The number of alkyl halides is 3. The normalized spacial score (nSPS) is 16.0. The molecule has 1 saturated heterocycles. The smallest absolute Gasteiger partial charge is 0.573 e. The lowest BCUT2D eigenvalue weighted by atomic mass is 9.83. The number of barbiturate groups is 1. The van der Waals surface area contributed by atoms with Crippen LogP contribution in [0.15, 0.2) is 24.3 Å². The molecule has 172 valence electrons. The Morgan fingerprint density at radius 2 is 1.72 bits per heavy atom. The van der Waals surface area contributed by atoms with Crippen molar-refractivity contribution in [2.24, 2.45) is 5.92 Å². The number of imide groups is 2. The largest absolute Gasteiger partial charge is 0.711 e. The summed E-state index contributed by atoms with van der Waals surface area (Å²) in [7, 11) is 0. The van der Waals surface area contributed by atoms with Gasteiger partial charge in [0.05, 0.1) is 6.61 Å². The van der Waals surface area contributed by atoms with Crippen LogP contribution in [0, 0.1) is 25.0 Å². The Kier molecular flexibility index (Phi) is 6.12. The van der Waals surface area contributed by atoms with E-state index in [2.05, 4.69) is 4.74 Å². The van der Waals surface area contributed by atoms with Crippen molar-refractivity contribution >= 4 is 17.8 Å². The van der Waals surface area contributed by atoms with Crippen LogP contribution in [0.5, 0.6) is 5.75 Å². The van der Waals surface area contributed by atoms with Crippen LogP contribution >= 0.6 is 0 Å². The average Bonchev–Trinajstić information content (AvgIpc) is 2.88. The van der Waals surface area contributed by atoms with Crippen molar-refractivity contribution in [3.63, 3.8) is 0 Å². The van der Waals surface area contributed by atoms with Crippen LogP contribution in [-0.4, -0.2) is 40.5 Å². The number of hydrogen-bond donors (Lipinski definition) is 3. The van der Waals surface area contributed by atoms with Gasteiger partial charge in [0.1, 0.15) is 35.5 Å². The van der Waals surface area contributed by atoms with Crippen molar-refractivity contribution in [3.05, 3.63) is 52.2 Å². The number of hydrogen-bond acceptors (Lipinski definition) is 6. The first-order chi connectivity index (χ1) is 14.9. The second kappa shape index (κ2) is 8.49. The van der Waals surface area contributed by atoms with Gasteiger partial charge in [0.15, 0.2) is 0 Å². The lowest BCUT2D eigenvalue weighted by Crippen LogP contribution is -2.58. The standard InChI is InChI=1S/C19H19F3N4O6/c1-9-10(2)26(31)17(25(9)7-8-27)13(14-15(28)23-18(30)24-16(14)29)11-3-5-12(6-4-11)32-19(20,21)22/h3-6,13-14,27H,7-8H2,1-2H3,(H2,23,24,28,29,30)/t13-/m0/s1. The number of benzene rings is 1. The number of rotatable bonds is 6. The Bertz CT molecular complexity index is 1040. The van der Waals surface area contributed by atoms with Crippen LogP contribution < -0.4 is 20.1 Å². The number of imidazole rings is 1. The van der Waals surface area contributed by atoms with E-state index in [1.54, 1.807) is 6.92 Å². The molecule has 1 atom stereocenters. The molecule has 0 radical (unpaired) electrons. The lowest BCUT2D eigenvalue weighted by Gasteiger charge is -2.28. The van der Waals surface area contributed by atoms with Crippen LogP contribution in [0.3, 0.4) is 0 Å². The van der Waals surface area contributed by atoms with Gasteiger partial charge in [0, 0.05) is 13.8 Å². The van der Waals surface area contributed by atoms with Gasteiger partial charge in [-0.2, -0.15) is 0 Å². The minimum Gasteiger partial charge on any atom is -0.711 e. The van der Waals surface area contributed by atoms with Crippen LogP contribution in [0.2, 0.25) is 0 Å². The summed E-state index contributed by atoms with van der Waals surface area (Å²) in [5.74, 6) is -5.48. The first kappa shape index (κ1) is 23.1. The van der Waals surface area contributed by atoms with E-state index in [4.69, 9.17) is 0 Å². The summed E-state index contributed by atoms with van der Waals surface area (Å²) in [4.78, 5) is 36.7. The molecule has 0 saturated carbocycles. The molecule has 1 fully saturated rings. The molecule has 1 aromatic heterocycles. The fraction of sp³-hybridized carbons (Fsp3) is 0.368. The monoisotopic (exact) mass is 456 g/mol. The molecule has 0 bridgehead atoms. The predicted octanol–water partition coefficient (Wildman–Crippen LogP) is 0.743. The zero-order chi connectivity index (χ0) is 23.8. The van der Waals surface area contributed by atoms with Gasteiger partial charge in [-0.1, -0.05) is 12.1 Å². The third-order valence-corrected chi connectivity index (χ3v) is 5.16. The predicted molar refractivity (Wildman–Crippen MR) is 100 cm³/mol.